The van der Waals surface area contributed by atoms with Crippen molar-refractivity contribution >= 4 is 22.1 Å². The van der Waals surface area contributed by atoms with Crippen molar-refractivity contribution in [3.8, 4) is 17.0 Å². The Bertz CT molecular complexity index is 822. The molecular formula is C17H21N3OS. The number of hydrogen-bond donors (Lipinski definition) is 1. The third-order valence-corrected chi connectivity index (χ3v) is 4.71. The van der Waals surface area contributed by atoms with Crippen molar-refractivity contribution in [2.45, 2.75) is 33.1 Å². The molecule has 5 heteroatoms. The standard InChI is InChI=1S/C17H21N3OS/c1-10-13(11-6-8-12(21-5)9-7-11)20-15(18)14(17(2,3)4)19-16(20)22-10/h6-9H,18H2,1-5H3. The molecule has 22 heavy (non-hydrogen) atoms. The number of nitrogens with two attached hydrogens (primary N) is 1. The molecule has 0 saturated heterocycles. The molecular weight excluding hydrogens is 294 g/mol. The van der Waals surface area contributed by atoms with Gasteiger partial charge >= 0.3 is 0 Å². The van der Waals surface area contributed by atoms with Crippen molar-refractivity contribution in [2.75, 3.05) is 12.8 Å². The number of methoxy groups -OCH3 is 1. The highest BCUT2D eigenvalue weighted by molar-refractivity contribution is 7.17. The summed E-state index contributed by atoms with van der Waals surface area (Å²) in [5, 5.41) is 0. The summed E-state index contributed by atoms with van der Waals surface area (Å²) in [6.07, 6.45) is 0. The summed E-state index contributed by atoms with van der Waals surface area (Å²) >= 11 is 1.68. The van der Waals surface area contributed by atoms with E-state index in [0.29, 0.717) is 0 Å². The van der Waals surface area contributed by atoms with Crippen molar-refractivity contribution in [1.82, 2.24) is 9.38 Å². The monoisotopic (exact) mass is 315 g/mol. The molecule has 0 bridgehead atoms. The van der Waals surface area contributed by atoms with Crippen LogP contribution in [0.5, 0.6) is 5.75 Å². The number of thiazole rings is 1. The summed E-state index contributed by atoms with van der Waals surface area (Å²) < 4.78 is 7.31. The van der Waals surface area contributed by atoms with E-state index < -0.39 is 0 Å². The summed E-state index contributed by atoms with van der Waals surface area (Å²) in [6, 6.07) is 8.05. The minimum atomic E-state index is -0.0685. The first kappa shape index (κ1) is 14.9. The molecule has 3 rings (SSSR count). The quantitative estimate of drug-likeness (QED) is 0.769. The van der Waals surface area contributed by atoms with Crippen molar-refractivity contribution in [3.63, 3.8) is 0 Å². The number of aryl methyl sites for hydroxylation is 1. The van der Waals surface area contributed by atoms with Gasteiger partial charge in [-0.25, -0.2) is 4.98 Å². The van der Waals surface area contributed by atoms with Crippen LogP contribution in [0.15, 0.2) is 24.3 Å². The van der Waals surface area contributed by atoms with Gasteiger partial charge in [0.2, 0.25) is 0 Å². The normalized spacial score (nSPS) is 12.0. The van der Waals surface area contributed by atoms with Gasteiger partial charge in [-0.3, -0.25) is 4.40 Å². The lowest BCUT2D eigenvalue weighted by Crippen LogP contribution is -2.14. The van der Waals surface area contributed by atoms with Crippen molar-refractivity contribution < 1.29 is 4.74 Å². The van der Waals surface area contributed by atoms with Gasteiger partial charge in [-0.2, -0.15) is 0 Å². The van der Waals surface area contributed by atoms with Gasteiger partial charge in [0.25, 0.3) is 0 Å². The number of benzene rings is 1. The predicted molar refractivity (Wildman–Crippen MR) is 92.9 cm³/mol. The van der Waals surface area contributed by atoms with Gasteiger partial charge in [-0.05, 0) is 31.2 Å². The minimum absolute atomic E-state index is 0.0685. The Kier molecular flexibility index (Phi) is 3.40. The molecule has 2 N–H and O–H groups in total. The van der Waals surface area contributed by atoms with Crippen LogP contribution in [-0.2, 0) is 5.41 Å². The number of anilines is 1. The van der Waals surface area contributed by atoms with Crippen LogP contribution in [0.25, 0.3) is 16.2 Å². The maximum absolute atomic E-state index is 6.42. The SMILES string of the molecule is COc1ccc(-c2c(C)sc3nc(C(C)(C)C)c(N)n23)cc1. The van der Waals surface area contributed by atoms with E-state index in [1.807, 2.05) is 12.1 Å². The van der Waals surface area contributed by atoms with Gasteiger partial charge in [0.15, 0.2) is 4.96 Å². The van der Waals surface area contributed by atoms with E-state index in [4.69, 9.17) is 15.5 Å². The zero-order chi connectivity index (χ0) is 16.1. The number of fused-ring (bicyclic) bond motifs is 1. The van der Waals surface area contributed by atoms with E-state index in [1.165, 1.54) is 4.88 Å². The van der Waals surface area contributed by atoms with E-state index in [9.17, 15) is 0 Å². The molecule has 2 heterocycles. The molecule has 0 aliphatic heterocycles. The smallest absolute Gasteiger partial charge is 0.196 e. The Morgan fingerprint density at radius 3 is 2.36 bits per heavy atom. The first-order valence-electron chi connectivity index (χ1n) is 7.25. The zero-order valence-electron chi connectivity index (χ0n) is 13.6. The molecule has 2 aromatic heterocycles. The molecule has 0 atom stereocenters. The second-order valence-electron chi connectivity index (χ2n) is 6.45. The van der Waals surface area contributed by atoms with Gasteiger partial charge in [-0.15, -0.1) is 11.3 Å². The maximum Gasteiger partial charge on any atom is 0.196 e. The third kappa shape index (κ3) is 2.25. The topological polar surface area (TPSA) is 52.5 Å². The van der Waals surface area contributed by atoms with Crippen LogP contribution in [0.4, 0.5) is 5.82 Å². The second kappa shape index (κ2) is 5.02. The number of ether oxygens (including phenoxy) is 1. The number of aromatic nitrogens is 2. The Hall–Kier alpha value is -2.01. The molecule has 0 radical (unpaired) electrons. The Balaban J connectivity index is 2.24. The van der Waals surface area contributed by atoms with Crippen LogP contribution in [0.1, 0.15) is 31.3 Å². The van der Waals surface area contributed by atoms with E-state index >= 15 is 0 Å². The Morgan fingerprint density at radius 2 is 1.82 bits per heavy atom. The number of hydrogen-bond acceptors (Lipinski definition) is 4. The molecule has 116 valence electrons. The van der Waals surface area contributed by atoms with Crippen LogP contribution < -0.4 is 10.5 Å². The Morgan fingerprint density at radius 1 is 1.18 bits per heavy atom. The maximum atomic E-state index is 6.42. The van der Waals surface area contributed by atoms with E-state index in [0.717, 1.165) is 33.5 Å². The van der Waals surface area contributed by atoms with Gasteiger partial charge < -0.3 is 10.5 Å². The first-order chi connectivity index (χ1) is 10.3. The van der Waals surface area contributed by atoms with Crippen molar-refractivity contribution in [2.24, 2.45) is 0 Å². The molecule has 0 aliphatic carbocycles. The van der Waals surface area contributed by atoms with Crippen LogP contribution in [0.2, 0.25) is 0 Å². The number of rotatable bonds is 2. The number of nitrogens with zero attached hydrogens (tertiary/aromatic N) is 2. The molecule has 3 aromatic rings. The number of imidazole rings is 1. The van der Waals surface area contributed by atoms with E-state index in [-0.39, 0.29) is 5.41 Å². The molecule has 0 spiro atoms. The fourth-order valence-corrected chi connectivity index (χ4v) is 3.67. The molecule has 0 amide bonds. The third-order valence-electron chi connectivity index (χ3n) is 3.76. The zero-order valence-corrected chi connectivity index (χ0v) is 14.4. The fourth-order valence-electron chi connectivity index (χ4n) is 2.67. The summed E-state index contributed by atoms with van der Waals surface area (Å²) in [4.78, 5) is 6.91. The summed E-state index contributed by atoms with van der Waals surface area (Å²) in [7, 11) is 1.67. The second-order valence-corrected chi connectivity index (χ2v) is 7.63. The number of nitrogen functional groups attached to an aromatic ring is 1. The molecule has 0 fully saturated rings. The molecule has 0 aliphatic rings. The minimum Gasteiger partial charge on any atom is -0.497 e. The van der Waals surface area contributed by atoms with Gasteiger partial charge in [0.05, 0.1) is 18.5 Å². The lowest BCUT2D eigenvalue weighted by Gasteiger charge is -2.16. The van der Waals surface area contributed by atoms with Gasteiger partial charge in [0.1, 0.15) is 11.6 Å². The van der Waals surface area contributed by atoms with Crippen LogP contribution in [0, 0.1) is 6.92 Å². The highest BCUT2D eigenvalue weighted by Gasteiger charge is 2.25. The predicted octanol–water partition coefficient (Wildman–Crippen LogP) is 4.26. The van der Waals surface area contributed by atoms with E-state index in [2.05, 4.69) is 44.2 Å². The summed E-state index contributed by atoms with van der Waals surface area (Å²) in [5.41, 5.74) is 9.53. The summed E-state index contributed by atoms with van der Waals surface area (Å²) in [5.74, 6) is 1.58. The first-order valence-corrected chi connectivity index (χ1v) is 8.07. The average Bonchev–Trinajstić information content (AvgIpc) is 2.95. The lowest BCUT2D eigenvalue weighted by atomic mass is 9.92. The molecule has 4 nitrogen and oxygen atoms in total. The average molecular weight is 315 g/mol. The van der Waals surface area contributed by atoms with Gasteiger partial charge in [-0.1, -0.05) is 20.8 Å². The van der Waals surface area contributed by atoms with Crippen LogP contribution in [0.3, 0.4) is 0 Å². The van der Waals surface area contributed by atoms with Crippen LogP contribution in [-0.4, -0.2) is 16.5 Å². The molecule has 0 unspecified atom stereocenters. The fraction of sp³-hybridized carbons (Fsp3) is 0.353. The lowest BCUT2D eigenvalue weighted by molar-refractivity contribution is 0.415. The Labute approximate surface area is 134 Å². The largest absolute Gasteiger partial charge is 0.497 e. The summed E-state index contributed by atoms with van der Waals surface area (Å²) in [6.45, 7) is 8.51. The highest BCUT2D eigenvalue weighted by Crippen LogP contribution is 2.37. The molecule has 0 saturated carbocycles. The van der Waals surface area contributed by atoms with Gasteiger partial charge in [0, 0.05) is 15.9 Å². The highest BCUT2D eigenvalue weighted by atomic mass is 32.1. The van der Waals surface area contributed by atoms with Crippen LogP contribution >= 0.6 is 11.3 Å². The van der Waals surface area contributed by atoms with Crippen molar-refractivity contribution in [3.05, 3.63) is 34.8 Å². The van der Waals surface area contributed by atoms with E-state index in [1.54, 1.807) is 18.4 Å². The molecule has 1 aromatic carbocycles. The van der Waals surface area contributed by atoms with Crippen molar-refractivity contribution in [1.29, 1.82) is 0 Å².